The van der Waals surface area contributed by atoms with E-state index in [1.807, 2.05) is 4.90 Å². The molecule has 21 heavy (non-hydrogen) atoms. The maximum absolute atomic E-state index is 12.4. The lowest BCUT2D eigenvalue weighted by Gasteiger charge is -2.41. The number of hydrogen-bond acceptors (Lipinski definition) is 5. The van der Waals surface area contributed by atoms with Crippen molar-refractivity contribution in [1.82, 2.24) is 19.9 Å². The van der Waals surface area contributed by atoms with Crippen molar-refractivity contribution in [2.24, 2.45) is 17.6 Å². The van der Waals surface area contributed by atoms with Gasteiger partial charge in [-0.15, -0.1) is 5.10 Å². The maximum atomic E-state index is 12.4. The van der Waals surface area contributed by atoms with Gasteiger partial charge in [0.2, 0.25) is 5.91 Å². The van der Waals surface area contributed by atoms with Crippen LogP contribution in [0.2, 0.25) is 0 Å². The molecule has 2 heterocycles. The van der Waals surface area contributed by atoms with Crippen molar-refractivity contribution in [2.45, 2.75) is 25.3 Å². The van der Waals surface area contributed by atoms with Crippen LogP contribution in [0.1, 0.15) is 35.8 Å². The molecular formula is C13H19N5O3. The Morgan fingerprint density at radius 2 is 2.14 bits per heavy atom. The SMILES string of the molecule is NCC1CCCC1C(=O)N1CC(n2cc(C(=O)O)nn2)C1. The number of aromatic carboxylic acids is 1. The first-order chi connectivity index (χ1) is 10.1. The molecule has 1 aliphatic carbocycles. The molecule has 0 bridgehead atoms. The van der Waals surface area contributed by atoms with Crippen molar-refractivity contribution in [2.75, 3.05) is 19.6 Å². The van der Waals surface area contributed by atoms with Gasteiger partial charge in [0.05, 0.1) is 12.2 Å². The van der Waals surface area contributed by atoms with E-state index in [4.69, 9.17) is 10.8 Å². The fraction of sp³-hybridized carbons (Fsp3) is 0.692. The normalized spacial score (nSPS) is 25.9. The molecule has 1 saturated carbocycles. The predicted octanol–water partition coefficient (Wildman–Crippen LogP) is -0.265. The Bertz CT molecular complexity index is 552. The minimum atomic E-state index is -1.09. The van der Waals surface area contributed by atoms with Gasteiger partial charge >= 0.3 is 5.97 Å². The van der Waals surface area contributed by atoms with Gasteiger partial charge in [0.15, 0.2) is 5.69 Å². The molecule has 1 aromatic heterocycles. The summed E-state index contributed by atoms with van der Waals surface area (Å²) in [7, 11) is 0. The molecule has 1 amide bonds. The number of carbonyl (C=O) groups is 2. The molecule has 8 heteroatoms. The molecule has 2 unspecified atom stereocenters. The van der Waals surface area contributed by atoms with Crippen LogP contribution in [-0.2, 0) is 4.79 Å². The van der Waals surface area contributed by atoms with E-state index in [0.29, 0.717) is 25.6 Å². The quantitative estimate of drug-likeness (QED) is 0.790. The lowest BCUT2D eigenvalue weighted by Crippen LogP contribution is -2.53. The van der Waals surface area contributed by atoms with Crippen LogP contribution >= 0.6 is 0 Å². The summed E-state index contributed by atoms with van der Waals surface area (Å²) in [5, 5.41) is 16.2. The van der Waals surface area contributed by atoms with Crippen LogP contribution in [0.15, 0.2) is 6.20 Å². The molecule has 2 aliphatic rings. The van der Waals surface area contributed by atoms with E-state index in [2.05, 4.69) is 10.3 Å². The molecule has 3 N–H and O–H groups in total. The van der Waals surface area contributed by atoms with Crippen molar-refractivity contribution >= 4 is 11.9 Å². The first kappa shape index (κ1) is 14.0. The van der Waals surface area contributed by atoms with E-state index >= 15 is 0 Å². The topological polar surface area (TPSA) is 114 Å². The van der Waals surface area contributed by atoms with E-state index in [1.54, 1.807) is 0 Å². The van der Waals surface area contributed by atoms with E-state index in [9.17, 15) is 9.59 Å². The number of carboxylic acids is 1. The Morgan fingerprint density at radius 3 is 2.76 bits per heavy atom. The largest absolute Gasteiger partial charge is 0.476 e. The summed E-state index contributed by atoms with van der Waals surface area (Å²) >= 11 is 0. The molecule has 2 atom stereocenters. The van der Waals surface area contributed by atoms with Gasteiger partial charge in [0, 0.05) is 19.0 Å². The zero-order valence-corrected chi connectivity index (χ0v) is 11.7. The average molecular weight is 293 g/mol. The van der Waals surface area contributed by atoms with Crippen molar-refractivity contribution in [3.63, 3.8) is 0 Å². The van der Waals surface area contributed by atoms with Crippen LogP contribution in [-0.4, -0.2) is 56.5 Å². The molecule has 1 aromatic rings. The molecule has 0 spiro atoms. The van der Waals surface area contributed by atoms with Crippen LogP contribution in [0.3, 0.4) is 0 Å². The van der Waals surface area contributed by atoms with E-state index in [1.165, 1.54) is 10.9 Å². The highest BCUT2D eigenvalue weighted by molar-refractivity contribution is 5.84. The van der Waals surface area contributed by atoms with E-state index < -0.39 is 5.97 Å². The monoisotopic (exact) mass is 293 g/mol. The molecule has 8 nitrogen and oxygen atoms in total. The zero-order chi connectivity index (χ0) is 15.0. The highest BCUT2D eigenvalue weighted by Crippen LogP contribution is 2.34. The molecule has 114 valence electrons. The summed E-state index contributed by atoms with van der Waals surface area (Å²) in [4.78, 5) is 25.0. The predicted molar refractivity (Wildman–Crippen MR) is 72.5 cm³/mol. The molecular weight excluding hydrogens is 274 g/mol. The molecule has 1 aliphatic heterocycles. The summed E-state index contributed by atoms with van der Waals surface area (Å²) in [5.74, 6) is -0.550. The third kappa shape index (κ3) is 2.51. The molecule has 0 aromatic carbocycles. The van der Waals surface area contributed by atoms with Crippen LogP contribution in [0.25, 0.3) is 0 Å². The van der Waals surface area contributed by atoms with Gasteiger partial charge in [0.1, 0.15) is 0 Å². The number of carboxylic acid groups (broad SMARTS) is 1. The summed E-state index contributed by atoms with van der Waals surface area (Å²) in [6.07, 6.45) is 4.44. The highest BCUT2D eigenvalue weighted by atomic mass is 16.4. The summed E-state index contributed by atoms with van der Waals surface area (Å²) < 4.78 is 1.53. The number of nitrogens with two attached hydrogens (primary N) is 1. The zero-order valence-electron chi connectivity index (χ0n) is 11.7. The summed E-state index contributed by atoms with van der Waals surface area (Å²) in [5.41, 5.74) is 5.65. The second-order valence-corrected chi connectivity index (χ2v) is 5.82. The third-order valence-corrected chi connectivity index (χ3v) is 4.56. The number of aromatic nitrogens is 3. The number of likely N-dealkylation sites (tertiary alicyclic amines) is 1. The number of hydrogen-bond donors (Lipinski definition) is 2. The fourth-order valence-electron chi connectivity index (χ4n) is 3.23. The van der Waals surface area contributed by atoms with Crippen molar-refractivity contribution in [3.8, 4) is 0 Å². The number of carbonyl (C=O) groups excluding carboxylic acids is 1. The molecule has 3 rings (SSSR count). The Kier molecular flexibility index (Phi) is 3.62. The van der Waals surface area contributed by atoms with Gasteiger partial charge in [0.25, 0.3) is 0 Å². The maximum Gasteiger partial charge on any atom is 0.358 e. The fourth-order valence-corrected chi connectivity index (χ4v) is 3.23. The standard InChI is InChI=1S/C13H19N5O3/c14-4-8-2-1-3-10(8)12(19)17-5-9(6-17)18-7-11(13(20)21)15-16-18/h7-10H,1-6,14H2,(H,20,21). The lowest BCUT2D eigenvalue weighted by molar-refractivity contribution is -0.142. The third-order valence-electron chi connectivity index (χ3n) is 4.56. The number of rotatable bonds is 4. The summed E-state index contributed by atoms with van der Waals surface area (Å²) in [6.45, 7) is 1.70. The van der Waals surface area contributed by atoms with E-state index in [-0.39, 0.29) is 23.6 Å². The highest BCUT2D eigenvalue weighted by Gasteiger charge is 2.40. The first-order valence-electron chi connectivity index (χ1n) is 7.24. The smallest absolute Gasteiger partial charge is 0.358 e. The minimum absolute atomic E-state index is 0.0206. The van der Waals surface area contributed by atoms with Gasteiger partial charge in [-0.25, -0.2) is 9.48 Å². The van der Waals surface area contributed by atoms with Gasteiger partial charge in [-0.2, -0.15) is 0 Å². The Balaban J connectivity index is 1.57. The summed E-state index contributed by atoms with van der Waals surface area (Å²) in [6, 6.07) is 0.0206. The van der Waals surface area contributed by atoms with Crippen LogP contribution < -0.4 is 5.73 Å². The van der Waals surface area contributed by atoms with Crippen LogP contribution in [0, 0.1) is 11.8 Å². The van der Waals surface area contributed by atoms with Crippen molar-refractivity contribution in [1.29, 1.82) is 0 Å². The lowest BCUT2D eigenvalue weighted by atomic mass is 9.93. The molecule has 0 radical (unpaired) electrons. The van der Waals surface area contributed by atoms with Crippen LogP contribution in [0.5, 0.6) is 0 Å². The van der Waals surface area contributed by atoms with Crippen molar-refractivity contribution in [3.05, 3.63) is 11.9 Å². The van der Waals surface area contributed by atoms with Crippen molar-refractivity contribution < 1.29 is 14.7 Å². The Labute approximate surface area is 121 Å². The van der Waals surface area contributed by atoms with Gasteiger partial charge in [-0.3, -0.25) is 4.79 Å². The average Bonchev–Trinajstić information content (AvgIpc) is 3.05. The molecule has 2 fully saturated rings. The number of amides is 1. The first-order valence-corrected chi connectivity index (χ1v) is 7.24. The van der Waals surface area contributed by atoms with Gasteiger partial charge in [-0.05, 0) is 25.3 Å². The van der Waals surface area contributed by atoms with Crippen LogP contribution in [0.4, 0.5) is 0 Å². The number of nitrogens with zero attached hydrogens (tertiary/aromatic N) is 4. The van der Waals surface area contributed by atoms with Gasteiger partial charge in [-0.1, -0.05) is 11.6 Å². The molecule has 1 saturated heterocycles. The van der Waals surface area contributed by atoms with E-state index in [0.717, 1.165) is 19.3 Å². The Hall–Kier alpha value is -1.96. The minimum Gasteiger partial charge on any atom is -0.476 e. The van der Waals surface area contributed by atoms with Gasteiger partial charge < -0.3 is 15.7 Å². The Morgan fingerprint density at radius 1 is 1.38 bits per heavy atom. The second-order valence-electron chi connectivity index (χ2n) is 5.82. The second kappa shape index (κ2) is 5.44.